The summed E-state index contributed by atoms with van der Waals surface area (Å²) in [7, 11) is 0. The number of aromatic hydroxyl groups is 1. The predicted molar refractivity (Wildman–Crippen MR) is 258 cm³/mol. The highest BCUT2D eigenvalue weighted by molar-refractivity contribution is 5.63. The van der Waals surface area contributed by atoms with Crippen molar-refractivity contribution in [3.63, 3.8) is 0 Å². The molecule has 0 saturated carbocycles. The van der Waals surface area contributed by atoms with Crippen LogP contribution in [0.4, 0.5) is 0 Å². The first-order valence-electron chi connectivity index (χ1n) is 22.2. The van der Waals surface area contributed by atoms with E-state index in [1.54, 1.807) is 12.1 Å². The van der Waals surface area contributed by atoms with Crippen LogP contribution < -0.4 is 33.2 Å². The molecule has 8 aromatic rings. The van der Waals surface area contributed by atoms with E-state index < -0.39 is 0 Å². The van der Waals surface area contributed by atoms with E-state index in [2.05, 4.69) is 0 Å². The van der Waals surface area contributed by atoms with Crippen LogP contribution in [0.25, 0.3) is 0 Å². The van der Waals surface area contributed by atoms with E-state index in [0.717, 1.165) is 45.2 Å². The van der Waals surface area contributed by atoms with Gasteiger partial charge in [-0.2, -0.15) is 0 Å². The molecule has 0 radical (unpaired) electrons. The second-order valence-corrected chi connectivity index (χ2v) is 15.8. The van der Waals surface area contributed by atoms with E-state index in [9.17, 15) is 9.90 Å². The number of para-hydroxylation sites is 8. The first-order valence-corrected chi connectivity index (χ1v) is 22.2. The lowest BCUT2D eigenvalue weighted by molar-refractivity contribution is -0.108. The molecule has 8 aromatic carbocycles. The van der Waals surface area contributed by atoms with Crippen LogP contribution in [0.3, 0.4) is 0 Å². The second kappa shape index (κ2) is 23.1. The molecule has 1 atom stereocenters. The van der Waals surface area contributed by atoms with E-state index >= 15 is 0 Å². The Labute approximate surface area is 391 Å². The van der Waals surface area contributed by atoms with E-state index in [-0.39, 0.29) is 57.9 Å². The highest BCUT2D eigenvalue weighted by Crippen LogP contribution is 2.31. The fourth-order valence-electron chi connectivity index (χ4n) is 7.37. The van der Waals surface area contributed by atoms with Crippen molar-refractivity contribution >= 4 is 6.29 Å². The molecule has 0 spiro atoms. The maximum Gasteiger partial charge on any atom is 0.127 e. The Hall–Kier alpha value is -8.17. The third kappa shape index (κ3) is 12.3. The minimum atomic E-state index is -0.274. The lowest BCUT2D eigenvalue weighted by atomic mass is 10.0. The van der Waals surface area contributed by atoms with Gasteiger partial charge < -0.3 is 43.1 Å². The first kappa shape index (κ1) is 45.4. The maximum atomic E-state index is 11.5. The van der Waals surface area contributed by atoms with E-state index in [1.807, 2.05) is 189 Å². The number of benzene rings is 8. The summed E-state index contributed by atoms with van der Waals surface area (Å²) in [6.07, 6.45) is 0.920. The van der Waals surface area contributed by atoms with Gasteiger partial charge in [0.2, 0.25) is 0 Å². The highest BCUT2D eigenvalue weighted by Gasteiger charge is 2.15. The third-order valence-corrected chi connectivity index (χ3v) is 11.1. The number of phenolic OH excluding ortho intramolecular Hbond substituents is 1. The molecule has 0 fully saturated rings. The summed E-state index contributed by atoms with van der Waals surface area (Å²) < 4.78 is 44.3. The molecular formula is C58H52O9. The number of phenols is 1. The van der Waals surface area contributed by atoms with Crippen LogP contribution in [0.5, 0.6) is 46.0 Å². The summed E-state index contributed by atoms with van der Waals surface area (Å²) >= 11 is 0. The summed E-state index contributed by atoms with van der Waals surface area (Å²) in [5.41, 5.74) is 6.87. The monoisotopic (exact) mass is 892 g/mol. The molecule has 1 N–H and O–H groups in total. The van der Waals surface area contributed by atoms with Crippen molar-refractivity contribution in [3.05, 3.63) is 239 Å². The number of hydrogen-bond donors (Lipinski definition) is 1. The van der Waals surface area contributed by atoms with Crippen LogP contribution in [-0.4, -0.2) is 11.4 Å². The summed E-state index contributed by atoms with van der Waals surface area (Å²) in [5.74, 6) is 4.78. The zero-order valence-corrected chi connectivity index (χ0v) is 37.3. The lowest BCUT2D eigenvalue weighted by Gasteiger charge is -2.18. The van der Waals surface area contributed by atoms with Crippen LogP contribution >= 0.6 is 0 Å². The van der Waals surface area contributed by atoms with Gasteiger partial charge in [0.25, 0.3) is 0 Å². The molecule has 0 saturated heterocycles. The molecule has 0 bridgehead atoms. The number of ether oxygens (including phenoxy) is 7. The van der Waals surface area contributed by atoms with Crippen molar-refractivity contribution in [2.75, 3.05) is 0 Å². The van der Waals surface area contributed by atoms with Crippen LogP contribution in [0.15, 0.2) is 194 Å². The minimum Gasteiger partial charge on any atom is -0.508 e. The minimum absolute atomic E-state index is 0.197. The fourth-order valence-corrected chi connectivity index (χ4v) is 7.37. The Balaban J connectivity index is 0.861. The average molecular weight is 893 g/mol. The Kier molecular flexibility index (Phi) is 15.7. The molecule has 0 aliphatic rings. The quantitative estimate of drug-likeness (QED) is 0.0629. The van der Waals surface area contributed by atoms with Gasteiger partial charge in [-0.15, -0.1) is 0 Å². The fraction of sp³-hybridized carbons (Fsp3) is 0.155. The smallest absolute Gasteiger partial charge is 0.127 e. The molecule has 9 nitrogen and oxygen atoms in total. The topological polar surface area (TPSA) is 102 Å². The SMILES string of the molecule is CC(C=O)c1ccccc1OCc1ccccc1OCc1ccccc1OCc1ccccc1OCc1ccccc1OCc1ccccc1OCc1ccccc1OCc1ccccc1O. The van der Waals surface area contributed by atoms with Crippen LogP contribution in [0.2, 0.25) is 0 Å². The summed E-state index contributed by atoms with van der Waals surface area (Å²) in [4.78, 5) is 11.5. The molecule has 0 amide bonds. The Morgan fingerprint density at radius 1 is 0.328 bits per heavy atom. The number of carbonyl (C=O) groups is 1. The van der Waals surface area contributed by atoms with E-state index in [4.69, 9.17) is 33.2 Å². The predicted octanol–water partition coefficient (Wildman–Crippen LogP) is 12.7. The van der Waals surface area contributed by atoms with Gasteiger partial charge >= 0.3 is 0 Å². The van der Waals surface area contributed by atoms with Crippen LogP contribution in [-0.2, 0) is 51.0 Å². The molecule has 1 unspecified atom stereocenters. The van der Waals surface area contributed by atoms with Gasteiger partial charge in [0.1, 0.15) is 98.5 Å². The van der Waals surface area contributed by atoms with Gasteiger partial charge in [0.15, 0.2) is 0 Å². The number of rotatable bonds is 23. The van der Waals surface area contributed by atoms with Crippen molar-refractivity contribution < 1.29 is 43.1 Å². The number of aldehydes is 1. The molecule has 9 heteroatoms. The molecule has 0 heterocycles. The number of carbonyl (C=O) groups excluding carboxylic acids is 1. The van der Waals surface area contributed by atoms with Crippen molar-refractivity contribution in [2.24, 2.45) is 0 Å². The Morgan fingerprint density at radius 2 is 0.552 bits per heavy atom. The van der Waals surface area contributed by atoms with Gasteiger partial charge in [-0.05, 0) is 48.5 Å². The second-order valence-electron chi connectivity index (χ2n) is 15.8. The van der Waals surface area contributed by atoms with Gasteiger partial charge in [-0.25, -0.2) is 0 Å². The summed E-state index contributed by atoms with van der Waals surface area (Å²) in [6, 6.07) is 61.6. The first-order chi connectivity index (χ1) is 33.0. The lowest BCUT2D eigenvalue weighted by Crippen LogP contribution is -2.07. The van der Waals surface area contributed by atoms with Gasteiger partial charge in [-0.3, -0.25) is 0 Å². The van der Waals surface area contributed by atoms with Crippen molar-refractivity contribution in [1.82, 2.24) is 0 Å². The number of hydrogen-bond acceptors (Lipinski definition) is 9. The third-order valence-electron chi connectivity index (χ3n) is 11.1. The molecule has 8 rings (SSSR count). The molecule has 0 aliphatic heterocycles. The summed E-state index contributed by atoms with van der Waals surface area (Å²) in [5, 5.41) is 10.2. The van der Waals surface area contributed by atoms with Gasteiger partial charge in [-0.1, -0.05) is 153 Å². The van der Waals surface area contributed by atoms with Crippen LogP contribution in [0, 0.1) is 0 Å². The maximum absolute atomic E-state index is 11.5. The van der Waals surface area contributed by atoms with Crippen molar-refractivity contribution in [3.8, 4) is 46.0 Å². The van der Waals surface area contributed by atoms with E-state index in [1.165, 1.54) is 0 Å². The van der Waals surface area contributed by atoms with Crippen LogP contribution in [0.1, 0.15) is 57.3 Å². The van der Waals surface area contributed by atoms with Gasteiger partial charge in [0.05, 0.1) is 0 Å². The summed E-state index contributed by atoms with van der Waals surface area (Å²) in [6.45, 7) is 3.77. The Bertz CT molecular complexity index is 2860. The largest absolute Gasteiger partial charge is 0.508 e. The zero-order valence-electron chi connectivity index (χ0n) is 37.3. The highest BCUT2D eigenvalue weighted by atomic mass is 16.5. The molecular weight excluding hydrogens is 841 g/mol. The molecule has 0 aromatic heterocycles. The molecule has 338 valence electrons. The molecule has 0 aliphatic carbocycles. The zero-order chi connectivity index (χ0) is 46.0. The van der Waals surface area contributed by atoms with Gasteiger partial charge in [0, 0.05) is 50.4 Å². The standard InChI is InChI=1S/C58H52O9/c1-42(34-59)50-25-9-17-33-58(50)67-41-49-24-8-16-32-57(49)66-40-48-23-7-15-31-56(48)65-39-47-22-6-14-30-55(47)64-38-46-21-5-13-29-54(46)63-37-45-20-4-12-28-53(45)62-36-44-19-3-11-27-52(44)61-35-43-18-2-10-26-51(43)60/h2-34,42,60H,35-41H2,1H3. The van der Waals surface area contributed by atoms with Crippen molar-refractivity contribution in [1.29, 1.82) is 0 Å². The normalized spacial score (nSPS) is 11.2. The average Bonchev–Trinajstić information content (AvgIpc) is 3.38. The molecule has 67 heavy (non-hydrogen) atoms. The van der Waals surface area contributed by atoms with Crippen molar-refractivity contribution in [2.45, 2.75) is 59.1 Å². The Morgan fingerprint density at radius 3 is 0.851 bits per heavy atom. The van der Waals surface area contributed by atoms with E-state index in [0.29, 0.717) is 45.8 Å².